The molecule has 0 radical (unpaired) electrons. The standard InChI is InChI=1S/C36H62O6/c1-4-5-6-7-8-9-10-11-12-13-16-19-22-26-33(37)27-24-29-36(40)42-31-34(38)30-41-35(39)28-23-20-17-14-15-18-21-25-32(2)3/h8-9,11-12,16,19,22,26,32-34,37-38H,4-7,10,13-15,17-18,20-21,23-25,27-31H2,1-3H3/b9-8-,12-11-,19-16-,26-22+/t33-,34-/m1/s1. The van der Waals surface area contributed by atoms with E-state index in [0.717, 1.165) is 44.4 Å². The molecule has 0 saturated heterocycles. The van der Waals surface area contributed by atoms with Gasteiger partial charge in [0, 0.05) is 12.8 Å². The number of aliphatic hydroxyl groups excluding tert-OH is 2. The van der Waals surface area contributed by atoms with E-state index in [1.165, 1.54) is 51.4 Å². The van der Waals surface area contributed by atoms with Gasteiger partial charge in [-0.15, -0.1) is 0 Å². The molecule has 0 aliphatic carbocycles. The molecule has 242 valence electrons. The van der Waals surface area contributed by atoms with Gasteiger partial charge in [0.2, 0.25) is 0 Å². The third kappa shape index (κ3) is 30.8. The Hall–Kier alpha value is -2.18. The highest BCUT2D eigenvalue weighted by molar-refractivity contribution is 5.69. The number of rotatable bonds is 28. The van der Waals surface area contributed by atoms with Crippen LogP contribution in [0.15, 0.2) is 48.6 Å². The molecular weight excluding hydrogens is 528 g/mol. The minimum atomic E-state index is -1.04. The molecule has 2 N–H and O–H groups in total. The van der Waals surface area contributed by atoms with Gasteiger partial charge in [0.15, 0.2) is 0 Å². The topological polar surface area (TPSA) is 93.1 Å². The number of ether oxygens (including phenoxy) is 2. The van der Waals surface area contributed by atoms with E-state index in [-0.39, 0.29) is 25.6 Å². The van der Waals surface area contributed by atoms with Crippen molar-refractivity contribution in [3.05, 3.63) is 48.6 Å². The lowest BCUT2D eigenvalue weighted by atomic mass is 10.0. The largest absolute Gasteiger partial charge is 0.463 e. The molecule has 0 saturated carbocycles. The van der Waals surface area contributed by atoms with Crippen LogP contribution in [-0.2, 0) is 19.1 Å². The molecule has 0 aromatic rings. The molecule has 0 aromatic carbocycles. The second kappa shape index (κ2) is 30.3. The van der Waals surface area contributed by atoms with Crippen LogP contribution < -0.4 is 0 Å². The smallest absolute Gasteiger partial charge is 0.305 e. The second-order valence-electron chi connectivity index (χ2n) is 11.6. The summed E-state index contributed by atoms with van der Waals surface area (Å²) < 4.78 is 10.2. The van der Waals surface area contributed by atoms with Gasteiger partial charge in [0.25, 0.3) is 0 Å². The van der Waals surface area contributed by atoms with Gasteiger partial charge in [0.1, 0.15) is 19.3 Å². The fourth-order valence-corrected chi connectivity index (χ4v) is 4.25. The number of aliphatic hydroxyl groups is 2. The van der Waals surface area contributed by atoms with E-state index >= 15 is 0 Å². The Morgan fingerprint density at radius 2 is 1.21 bits per heavy atom. The number of hydrogen-bond acceptors (Lipinski definition) is 6. The number of esters is 2. The molecule has 2 atom stereocenters. The molecule has 0 rings (SSSR count). The van der Waals surface area contributed by atoms with Crippen molar-refractivity contribution in [3.8, 4) is 0 Å². The summed E-state index contributed by atoms with van der Waals surface area (Å²) >= 11 is 0. The summed E-state index contributed by atoms with van der Waals surface area (Å²) in [6.07, 6.45) is 32.1. The van der Waals surface area contributed by atoms with Crippen LogP contribution in [0.2, 0.25) is 0 Å². The molecule has 0 bridgehead atoms. The Morgan fingerprint density at radius 3 is 1.86 bits per heavy atom. The van der Waals surface area contributed by atoms with Crippen LogP contribution in [0, 0.1) is 5.92 Å². The number of carbonyl (C=O) groups excluding carboxylic acids is 2. The summed E-state index contributed by atoms with van der Waals surface area (Å²) in [5, 5.41) is 20.0. The van der Waals surface area contributed by atoms with E-state index in [9.17, 15) is 19.8 Å². The Morgan fingerprint density at radius 1 is 0.643 bits per heavy atom. The van der Waals surface area contributed by atoms with Crippen LogP contribution in [0.25, 0.3) is 0 Å². The summed E-state index contributed by atoms with van der Waals surface area (Å²) in [5.41, 5.74) is 0. The monoisotopic (exact) mass is 590 g/mol. The van der Waals surface area contributed by atoms with Crippen molar-refractivity contribution in [2.24, 2.45) is 5.92 Å². The van der Waals surface area contributed by atoms with Gasteiger partial charge >= 0.3 is 11.9 Å². The highest BCUT2D eigenvalue weighted by Crippen LogP contribution is 2.13. The Labute approximate surface area is 257 Å². The lowest BCUT2D eigenvalue weighted by Gasteiger charge is -2.12. The fourth-order valence-electron chi connectivity index (χ4n) is 4.25. The zero-order chi connectivity index (χ0) is 31.1. The highest BCUT2D eigenvalue weighted by Gasteiger charge is 2.12. The van der Waals surface area contributed by atoms with Crippen LogP contribution in [0.5, 0.6) is 0 Å². The van der Waals surface area contributed by atoms with Crippen molar-refractivity contribution in [2.45, 2.75) is 149 Å². The molecule has 0 aromatic heterocycles. The Balaban J connectivity index is 3.71. The predicted molar refractivity (Wildman–Crippen MR) is 174 cm³/mol. The molecule has 6 nitrogen and oxygen atoms in total. The third-order valence-corrected chi connectivity index (χ3v) is 6.85. The first kappa shape index (κ1) is 39.8. The van der Waals surface area contributed by atoms with E-state index in [1.54, 1.807) is 6.08 Å². The predicted octanol–water partition coefficient (Wildman–Crippen LogP) is 8.72. The van der Waals surface area contributed by atoms with E-state index < -0.39 is 18.2 Å². The number of carbonyl (C=O) groups is 2. The molecule has 0 aliphatic rings. The molecule has 42 heavy (non-hydrogen) atoms. The van der Waals surface area contributed by atoms with Crippen LogP contribution in [0.3, 0.4) is 0 Å². The normalized spacial score (nSPS) is 13.7. The van der Waals surface area contributed by atoms with Crippen molar-refractivity contribution in [1.82, 2.24) is 0 Å². The van der Waals surface area contributed by atoms with Gasteiger partial charge in [-0.25, -0.2) is 0 Å². The first-order valence-corrected chi connectivity index (χ1v) is 16.7. The summed E-state index contributed by atoms with van der Waals surface area (Å²) in [4.78, 5) is 23.8. The first-order chi connectivity index (χ1) is 20.3. The highest BCUT2D eigenvalue weighted by atomic mass is 16.6. The van der Waals surface area contributed by atoms with E-state index in [1.807, 2.05) is 18.2 Å². The van der Waals surface area contributed by atoms with Crippen LogP contribution in [0.1, 0.15) is 136 Å². The van der Waals surface area contributed by atoms with Gasteiger partial charge in [-0.3, -0.25) is 9.59 Å². The minimum Gasteiger partial charge on any atom is -0.463 e. The Kier molecular flexibility index (Phi) is 28.7. The summed E-state index contributed by atoms with van der Waals surface area (Å²) in [7, 11) is 0. The van der Waals surface area contributed by atoms with Gasteiger partial charge in [0.05, 0.1) is 6.10 Å². The SMILES string of the molecule is CCCCC/C=C\C/C=C\C/C=C\C=C\[C@@H](O)CCCC(=O)OC[C@H](O)COC(=O)CCCCCCCCCC(C)C. The Bertz CT molecular complexity index is 752. The summed E-state index contributed by atoms with van der Waals surface area (Å²) in [5.74, 6) is 0.0123. The lowest BCUT2D eigenvalue weighted by Crippen LogP contribution is -2.25. The quantitative estimate of drug-likeness (QED) is 0.0410. The number of allylic oxidation sites excluding steroid dienone is 7. The molecule has 0 fully saturated rings. The summed E-state index contributed by atoms with van der Waals surface area (Å²) in [6, 6.07) is 0. The van der Waals surface area contributed by atoms with Crippen LogP contribution >= 0.6 is 0 Å². The number of unbranched alkanes of at least 4 members (excludes halogenated alkanes) is 9. The van der Waals surface area contributed by atoms with E-state index in [0.29, 0.717) is 19.3 Å². The molecule has 0 amide bonds. The second-order valence-corrected chi connectivity index (χ2v) is 11.6. The van der Waals surface area contributed by atoms with Crippen molar-refractivity contribution < 1.29 is 29.3 Å². The average molecular weight is 591 g/mol. The summed E-state index contributed by atoms with van der Waals surface area (Å²) in [6.45, 7) is 6.35. The zero-order valence-electron chi connectivity index (χ0n) is 27.0. The molecule has 6 heteroatoms. The fraction of sp³-hybridized carbons (Fsp3) is 0.722. The van der Waals surface area contributed by atoms with Crippen LogP contribution in [-0.4, -0.2) is 47.6 Å². The van der Waals surface area contributed by atoms with Gasteiger partial charge in [-0.05, 0) is 50.9 Å². The zero-order valence-corrected chi connectivity index (χ0v) is 27.0. The maximum absolute atomic E-state index is 11.9. The molecule has 0 heterocycles. The van der Waals surface area contributed by atoms with Crippen molar-refractivity contribution in [3.63, 3.8) is 0 Å². The molecule has 0 aliphatic heterocycles. The van der Waals surface area contributed by atoms with E-state index in [4.69, 9.17) is 9.47 Å². The molecular formula is C36H62O6. The van der Waals surface area contributed by atoms with Gasteiger partial charge in [-0.2, -0.15) is 0 Å². The maximum atomic E-state index is 11.9. The van der Waals surface area contributed by atoms with Crippen molar-refractivity contribution in [1.29, 1.82) is 0 Å². The van der Waals surface area contributed by atoms with Crippen LogP contribution in [0.4, 0.5) is 0 Å². The van der Waals surface area contributed by atoms with Crippen molar-refractivity contribution >= 4 is 11.9 Å². The third-order valence-electron chi connectivity index (χ3n) is 6.85. The average Bonchev–Trinajstić information content (AvgIpc) is 2.96. The van der Waals surface area contributed by atoms with E-state index in [2.05, 4.69) is 45.1 Å². The first-order valence-electron chi connectivity index (χ1n) is 16.7. The van der Waals surface area contributed by atoms with Gasteiger partial charge in [-0.1, -0.05) is 127 Å². The maximum Gasteiger partial charge on any atom is 0.305 e. The van der Waals surface area contributed by atoms with Crippen molar-refractivity contribution in [2.75, 3.05) is 13.2 Å². The molecule has 0 spiro atoms. The minimum absolute atomic E-state index is 0.156. The lowest BCUT2D eigenvalue weighted by molar-refractivity contribution is -0.152. The van der Waals surface area contributed by atoms with Gasteiger partial charge < -0.3 is 19.7 Å². The molecule has 0 unspecified atom stereocenters. The number of hydrogen-bond donors (Lipinski definition) is 2.